The Hall–Kier alpha value is -1.02. The lowest BCUT2D eigenvalue weighted by molar-refractivity contribution is 0.217. The van der Waals surface area contributed by atoms with Crippen LogP contribution in [0.3, 0.4) is 0 Å². The van der Waals surface area contributed by atoms with Crippen molar-refractivity contribution in [2.45, 2.75) is 72.1 Å². The van der Waals surface area contributed by atoms with E-state index in [0.717, 1.165) is 17.6 Å². The fraction of sp³-hybridized carbons (Fsp3) is 0.684. The highest BCUT2D eigenvalue weighted by Crippen LogP contribution is 2.31. The SMILES string of the molecule is CC(C)Oc1cccc(C(C)NC2CCC(C)C(C)C2)c1. The summed E-state index contributed by atoms with van der Waals surface area (Å²) in [6.07, 6.45) is 4.18. The first-order chi connectivity index (χ1) is 9.95. The van der Waals surface area contributed by atoms with Crippen LogP contribution in [0, 0.1) is 11.8 Å². The van der Waals surface area contributed by atoms with Crippen LogP contribution >= 0.6 is 0 Å². The first-order valence-electron chi connectivity index (χ1n) is 8.48. The molecule has 0 radical (unpaired) electrons. The summed E-state index contributed by atoms with van der Waals surface area (Å²) in [6, 6.07) is 9.54. The monoisotopic (exact) mass is 289 g/mol. The molecule has 4 atom stereocenters. The van der Waals surface area contributed by atoms with Gasteiger partial charge in [-0.25, -0.2) is 0 Å². The number of hydrogen-bond donors (Lipinski definition) is 1. The van der Waals surface area contributed by atoms with Crippen molar-refractivity contribution in [3.63, 3.8) is 0 Å². The lowest BCUT2D eigenvalue weighted by atomic mass is 9.79. The van der Waals surface area contributed by atoms with Crippen LogP contribution in [0.25, 0.3) is 0 Å². The zero-order chi connectivity index (χ0) is 15.4. The van der Waals surface area contributed by atoms with Crippen molar-refractivity contribution in [1.29, 1.82) is 0 Å². The van der Waals surface area contributed by atoms with Gasteiger partial charge in [0.05, 0.1) is 6.10 Å². The Morgan fingerprint density at radius 1 is 1.10 bits per heavy atom. The molecule has 0 spiro atoms. The second-order valence-electron chi connectivity index (χ2n) is 7.09. The van der Waals surface area contributed by atoms with Crippen LogP contribution in [0.15, 0.2) is 24.3 Å². The molecule has 0 heterocycles. The third-order valence-electron chi connectivity index (χ3n) is 4.81. The standard InChI is InChI=1S/C19H31NO/c1-13(2)21-19-8-6-7-17(12-19)16(5)20-18-10-9-14(3)15(4)11-18/h6-8,12-16,18,20H,9-11H2,1-5H3. The molecule has 1 aromatic rings. The molecular weight excluding hydrogens is 258 g/mol. The van der Waals surface area contributed by atoms with Crippen LogP contribution in [0.1, 0.15) is 65.5 Å². The fourth-order valence-corrected chi connectivity index (χ4v) is 3.28. The van der Waals surface area contributed by atoms with E-state index >= 15 is 0 Å². The maximum absolute atomic E-state index is 5.80. The second kappa shape index (κ2) is 7.31. The average molecular weight is 289 g/mol. The minimum Gasteiger partial charge on any atom is -0.491 e. The predicted molar refractivity (Wildman–Crippen MR) is 89.7 cm³/mol. The molecule has 2 nitrogen and oxygen atoms in total. The lowest BCUT2D eigenvalue weighted by Gasteiger charge is -2.34. The largest absolute Gasteiger partial charge is 0.491 e. The molecule has 1 aliphatic rings. The van der Waals surface area contributed by atoms with Gasteiger partial charge in [0.15, 0.2) is 0 Å². The molecule has 1 N–H and O–H groups in total. The molecule has 1 fully saturated rings. The third kappa shape index (κ3) is 4.74. The molecule has 0 amide bonds. The molecule has 2 heteroatoms. The molecular formula is C19H31NO. The van der Waals surface area contributed by atoms with Crippen molar-refractivity contribution in [3.05, 3.63) is 29.8 Å². The van der Waals surface area contributed by atoms with Crippen LogP contribution in [0.2, 0.25) is 0 Å². The van der Waals surface area contributed by atoms with Crippen molar-refractivity contribution in [1.82, 2.24) is 5.32 Å². The number of rotatable bonds is 5. The topological polar surface area (TPSA) is 21.3 Å². The quantitative estimate of drug-likeness (QED) is 0.828. The van der Waals surface area contributed by atoms with Gasteiger partial charge in [-0.1, -0.05) is 26.0 Å². The highest BCUT2D eigenvalue weighted by atomic mass is 16.5. The maximum atomic E-state index is 5.80. The molecule has 1 aromatic carbocycles. The molecule has 0 aliphatic heterocycles. The third-order valence-corrected chi connectivity index (χ3v) is 4.81. The molecule has 0 saturated heterocycles. The van der Waals surface area contributed by atoms with E-state index in [9.17, 15) is 0 Å². The number of nitrogens with one attached hydrogen (secondary N) is 1. The van der Waals surface area contributed by atoms with E-state index in [0.29, 0.717) is 12.1 Å². The van der Waals surface area contributed by atoms with Gasteiger partial charge in [0.1, 0.15) is 5.75 Å². The van der Waals surface area contributed by atoms with Gasteiger partial charge in [-0.3, -0.25) is 0 Å². The molecule has 0 bridgehead atoms. The summed E-state index contributed by atoms with van der Waals surface area (Å²) in [5.41, 5.74) is 1.32. The van der Waals surface area contributed by atoms with Crippen molar-refractivity contribution >= 4 is 0 Å². The van der Waals surface area contributed by atoms with Gasteiger partial charge in [-0.05, 0) is 69.6 Å². The molecule has 1 saturated carbocycles. The van der Waals surface area contributed by atoms with Gasteiger partial charge in [-0.15, -0.1) is 0 Å². The normalized spacial score (nSPS) is 27.6. The molecule has 4 unspecified atom stereocenters. The van der Waals surface area contributed by atoms with Gasteiger partial charge in [-0.2, -0.15) is 0 Å². The van der Waals surface area contributed by atoms with Gasteiger partial charge < -0.3 is 10.1 Å². The Balaban J connectivity index is 1.95. The number of hydrogen-bond acceptors (Lipinski definition) is 2. The van der Waals surface area contributed by atoms with E-state index in [1.54, 1.807) is 0 Å². The van der Waals surface area contributed by atoms with Crippen molar-refractivity contribution in [2.24, 2.45) is 11.8 Å². The van der Waals surface area contributed by atoms with Crippen LogP contribution < -0.4 is 10.1 Å². The summed E-state index contributed by atoms with van der Waals surface area (Å²) in [5, 5.41) is 3.81. The molecule has 1 aliphatic carbocycles. The van der Waals surface area contributed by atoms with Crippen LogP contribution in [-0.4, -0.2) is 12.1 Å². The van der Waals surface area contributed by atoms with E-state index < -0.39 is 0 Å². The van der Waals surface area contributed by atoms with Crippen molar-refractivity contribution < 1.29 is 4.74 Å². The van der Waals surface area contributed by atoms with Gasteiger partial charge >= 0.3 is 0 Å². The zero-order valence-corrected chi connectivity index (χ0v) is 14.2. The Kier molecular flexibility index (Phi) is 5.69. The van der Waals surface area contributed by atoms with E-state index in [4.69, 9.17) is 4.74 Å². The van der Waals surface area contributed by atoms with E-state index in [2.05, 4.69) is 58.1 Å². The van der Waals surface area contributed by atoms with Crippen LogP contribution in [0.5, 0.6) is 5.75 Å². The highest BCUT2D eigenvalue weighted by molar-refractivity contribution is 5.30. The summed E-state index contributed by atoms with van der Waals surface area (Å²) < 4.78 is 5.80. The van der Waals surface area contributed by atoms with E-state index in [1.807, 2.05) is 6.07 Å². The summed E-state index contributed by atoms with van der Waals surface area (Å²) in [5.74, 6) is 2.68. The summed E-state index contributed by atoms with van der Waals surface area (Å²) in [6.45, 7) is 11.2. The van der Waals surface area contributed by atoms with Crippen LogP contribution in [-0.2, 0) is 0 Å². The van der Waals surface area contributed by atoms with Crippen molar-refractivity contribution in [3.8, 4) is 5.75 Å². The molecule has 0 aromatic heterocycles. The Bertz CT molecular complexity index is 443. The first kappa shape index (κ1) is 16.4. The Labute approximate surface area is 130 Å². The number of benzene rings is 1. The maximum Gasteiger partial charge on any atom is 0.120 e. The number of ether oxygens (including phenoxy) is 1. The second-order valence-corrected chi connectivity index (χ2v) is 7.09. The van der Waals surface area contributed by atoms with Gasteiger partial charge in [0, 0.05) is 12.1 Å². The Morgan fingerprint density at radius 3 is 2.52 bits per heavy atom. The molecule has 21 heavy (non-hydrogen) atoms. The summed E-state index contributed by atoms with van der Waals surface area (Å²) in [7, 11) is 0. The predicted octanol–water partition coefficient (Wildman–Crippen LogP) is 4.95. The van der Waals surface area contributed by atoms with E-state index in [-0.39, 0.29) is 6.10 Å². The fourth-order valence-electron chi connectivity index (χ4n) is 3.28. The minimum absolute atomic E-state index is 0.226. The van der Waals surface area contributed by atoms with Crippen molar-refractivity contribution in [2.75, 3.05) is 0 Å². The van der Waals surface area contributed by atoms with Gasteiger partial charge in [0.2, 0.25) is 0 Å². The highest BCUT2D eigenvalue weighted by Gasteiger charge is 2.25. The smallest absolute Gasteiger partial charge is 0.120 e. The average Bonchev–Trinajstić information content (AvgIpc) is 2.42. The lowest BCUT2D eigenvalue weighted by Crippen LogP contribution is -2.37. The van der Waals surface area contributed by atoms with Gasteiger partial charge in [0.25, 0.3) is 0 Å². The Morgan fingerprint density at radius 2 is 1.86 bits per heavy atom. The van der Waals surface area contributed by atoms with E-state index in [1.165, 1.54) is 24.8 Å². The minimum atomic E-state index is 0.226. The summed E-state index contributed by atoms with van der Waals surface area (Å²) in [4.78, 5) is 0. The zero-order valence-electron chi connectivity index (χ0n) is 14.2. The molecule has 2 rings (SSSR count). The first-order valence-corrected chi connectivity index (χ1v) is 8.48. The molecule has 118 valence electrons. The van der Waals surface area contributed by atoms with Crippen LogP contribution in [0.4, 0.5) is 0 Å². The summed E-state index contributed by atoms with van der Waals surface area (Å²) >= 11 is 0.